The molecule has 0 saturated carbocycles. The fraction of sp³-hybridized carbons (Fsp3) is 0.692. The molecule has 0 aromatic heterocycles. The Labute approximate surface area is 139 Å². The molecule has 11 nitrogen and oxygen atoms in total. The lowest BCUT2D eigenvalue weighted by atomic mass is 10.5. The molecule has 0 saturated heterocycles. The summed E-state index contributed by atoms with van der Waals surface area (Å²) in [5.74, 6) is -0.623. The van der Waals surface area contributed by atoms with Gasteiger partial charge in [0.2, 0.25) is 0 Å². The van der Waals surface area contributed by atoms with E-state index in [2.05, 4.69) is 26.0 Å². The highest BCUT2D eigenvalue weighted by Crippen LogP contribution is 1.88. The molecule has 0 aromatic rings. The van der Waals surface area contributed by atoms with Crippen LogP contribution in [0, 0.1) is 0 Å². The van der Waals surface area contributed by atoms with Crippen molar-refractivity contribution in [2.24, 2.45) is 0 Å². The van der Waals surface area contributed by atoms with Gasteiger partial charge < -0.3 is 35.5 Å². The predicted molar refractivity (Wildman–Crippen MR) is 81.9 cm³/mol. The van der Waals surface area contributed by atoms with Crippen molar-refractivity contribution in [2.75, 3.05) is 19.9 Å². The van der Waals surface area contributed by atoms with Crippen molar-refractivity contribution < 1.29 is 33.4 Å². The number of nitrogens with one attached hydrogen (secondary N) is 4. The van der Waals surface area contributed by atoms with Gasteiger partial charge in [0.25, 0.3) is 5.91 Å². The van der Waals surface area contributed by atoms with Gasteiger partial charge in [0.15, 0.2) is 6.61 Å². The smallest absolute Gasteiger partial charge is 0.409 e. The molecule has 0 bridgehead atoms. The summed E-state index contributed by atoms with van der Waals surface area (Å²) in [6, 6.07) is 0. The second-order valence-electron chi connectivity index (χ2n) is 4.97. The van der Waals surface area contributed by atoms with Crippen molar-refractivity contribution in [1.82, 2.24) is 21.3 Å². The number of ether oxygens (including phenoxy) is 3. The van der Waals surface area contributed by atoms with Gasteiger partial charge in [0, 0.05) is 0 Å². The van der Waals surface area contributed by atoms with Crippen molar-refractivity contribution in [1.29, 1.82) is 0 Å². The highest BCUT2D eigenvalue weighted by molar-refractivity contribution is 5.80. The minimum Gasteiger partial charge on any atom is -0.447 e. The molecule has 0 unspecified atom stereocenters. The standard InChI is InChI=1S/C13H24N4O7/c1-8(2)23-12(20)16-6-14-10(18)5-22-11(19)15-7-17-13(21)24-9(3)4/h8-9H,5-7H2,1-4H3,(H,14,18)(H,15,19)(H,16,20)(H,17,21). The summed E-state index contributed by atoms with van der Waals surface area (Å²) < 4.78 is 14.1. The SMILES string of the molecule is CC(C)OC(=O)NCNC(=O)COC(=O)NCNC(=O)OC(C)C. The van der Waals surface area contributed by atoms with E-state index in [1.165, 1.54) is 0 Å². The minimum absolute atomic E-state index is 0.169. The van der Waals surface area contributed by atoms with E-state index in [1.54, 1.807) is 27.7 Å². The first-order chi connectivity index (χ1) is 11.2. The van der Waals surface area contributed by atoms with Gasteiger partial charge in [-0.1, -0.05) is 0 Å². The molecular formula is C13H24N4O7. The molecule has 0 atom stereocenters. The summed E-state index contributed by atoms with van der Waals surface area (Å²) in [5, 5.41) is 9.03. The number of carbonyl (C=O) groups excluding carboxylic acids is 4. The van der Waals surface area contributed by atoms with Gasteiger partial charge >= 0.3 is 18.3 Å². The molecule has 0 aromatic carbocycles. The van der Waals surface area contributed by atoms with Gasteiger partial charge in [-0.3, -0.25) is 4.79 Å². The van der Waals surface area contributed by atoms with Crippen molar-refractivity contribution in [2.45, 2.75) is 39.9 Å². The van der Waals surface area contributed by atoms with Gasteiger partial charge in [-0.2, -0.15) is 0 Å². The van der Waals surface area contributed by atoms with Crippen molar-refractivity contribution >= 4 is 24.2 Å². The molecule has 24 heavy (non-hydrogen) atoms. The Morgan fingerprint density at radius 1 is 0.708 bits per heavy atom. The van der Waals surface area contributed by atoms with Gasteiger partial charge in [-0.25, -0.2) is 14.4 Å². The number of amides is 4. The maximum absolute atomic E-state index is 11.4. The number of rotatable bonds is 8. The van der Waals surface area contributed by atoms with Crippen LogP contribution < -0.4 is 21.3 Å². The van der Waals surface area contributed by atoms with Gasteiger partial charge in [0.1, 0.15) is 0 Å². The minimum atomic E-state index is -0.901. The fourth-order valence-corrected chi connectivity index (χ4v) is 1.15. The third-order valence-corrected chi connectivity index (χ3v) is 2.00. The molecule has 0 heterocycles. The Bertz CT molecular complexity index is 400. The zero-order valence-corrected chi connectivity index (χ0v) is 14.1. The number of hydrogen-bond donors (Lipinski definition) is 4. The van der Waals surface area contributed by atoms with E-state index in [1.807, 2.05) is 0 Å². The van der Waals surface area contributed by atoms with Crippen molar-refractivity contribution in [3.05, 3.63) is 0 Å². The lowest BCUT2D eigenvalue weighted by Crippen LogP contribution is -2.42. The van der Waals surface area contributed by atoms with E-state index in [-0.39, 0.29) is 25.5 Å². The van der Waals surface area contributed by atoms with Crippen LogP contribution in [0.2, 0.25) is 0 Å². The zero-order valence-electron chi connectivity index (χ0n) is 14.1. The van der Waals surface area contributed by atoms with Crippen LogP contribution >= 0.6 is 0 Å². The first kappa shape index (κ1) is 21.3. The van der Waals surface area contributed by atoms with E-state index in [0.717, 1.165) is 0 Å². The highest BCUT2D eigenvalue weighted by Gasteiger charge is 2.09. The van der Waals surface area contributed by atoms with Crippen LogP contribution in [-0.2, 0) is 19.0 Å². The van der Waals surface area contributed by atoms with Crippen LogP contribution in [-0.4, -0.2) is 56.3 Å². The molecule has 0 aliphatic heterocycles. The molecule has 0 aliphatic rings. The fourth-order valence-electron chi connectivity index (χ4n) is 1.15. The van der Waals surface area contributed by atoms with Crippen LogP contribution in [0.1, 0.15) is 27.7 Å². The Balaban J connectivity index is 3.70. The van der Waals surface area contributed by atoms with Crippen LogP contribution in [0.5, 0.6) is 0 Å². The van der Waals surface area contributed by atoms with Crippen molar-refractivity contribution in [3.8, 4) is 0 Å². The molecule has 0 aliphatic carbocycles. The molecule has 4 amide bonds. The number of hydrogen-bond acceptors (Lipinski definition) is 7. The summed E-state index contributed by atoms with van der Waals surface area (Å²) in [5.41, 5.74) is 0. The Morgan fingerprint density at radius 3 is 1.58 bits per heavy atom. The first-order valence-electron chi connectivity index (χ1n) is 7.27. The van der Waals surface area contributed by atoms with E-state index in [9.17, 15) is 19.2 Å². The quantitative estimate of drug-likeness (QED) is 0.357. The third-order valence-electron chi connectivity index (χ3n) is 2.00. The van der Waals surface area contributed by atoms with Gasteiger partial charge in [0.05, 0.1) is 25.5 Å². The first-order valence-corrected chi connectivity index (χ1v) is 7.27. The lowest BCUT2D eigenvalue weighted by Gasteiger charge is -2.11. The maximum atomic E-state index is 11.4. The second kappa shape index (κ2) is 11.8. The molecule has 11 heteroatoms. The summed E-state index contributed by atoms with van der Waals surface area (Å²) in [4.78, 5) is 44.8. The molecule has 4 N–H and O–H groups in total. The maximum Gasteiger partial charge on any atom is 0.409 e. The average molecular weight is 348 g/mol. The average Bonchev–Trinajstić information content (AvgIpc) is 2.43. The summed E-state index contributed by atoms with van der Waals surface area (Å²) in [7, 11) is 0. The lowest BCUT2D eigenvalue weighted by molar-refractivity contribution is -0.124. The van der Waals surface area contributed by atoms with Crippen LogP contribution in [0.3, 0.4) is 0 Å². The number of alkyl carbamates (subject to hydrolysis) is 3. The topological polar surface area (TPSA) is 144 Å². The molecule has 0 radical (unpaired) electrons. The molecule has 0 fully saturated rings. The monoisotopic (exact) mass is 348 g/mol. The van der Waals surface area contributed by atoms with E-state index in [4.69, 9.17) is 9.47 Å². The van der Waals surface area contributed by atoms with E-state index >= 15 is 0 Å². The highest BCUT2D eigenvalue weighted by atomic mass is 16.6. The molecular weight excluding hydrogens is 324 g/mol. The summed E-state index contributed by atoms with van der Waals surface area (Å²) in [6.45, 7) is 5.79. The third kappa shape index (κ3) is 13.0. The van der Waals surface area contributed by atoms with Crippen molar-refractivity contribution in [3.63, 3.8) is 0 Å². The van der Waals surface area contributed by atoms with Crippen LogP contribution in [0.4, 0.5) is 14.4 Å². The number of carbonyl (C=O) groups is 4. The molecule has 0 spiro atoms. The predicted octanol–water partition coefficient (Wildman–Crippen LogP) is 0.0130. The zero-order chi connectivity index (χ0) is 18.5. The van der Waals surface area contributed by atoms with E-state index < -0.39 is 30.8 Å². The normalized spacial score (nSPS) is 9.92. The Kier molecular flexibility index (Phi) is 10.5. The molecule has 138 valence electrons. The second-order valence-corrected chi connectivity index (χ2v) is 4.97. The summed E-state index contributed by atoms with van der Waals surface area (Å²) in [6.07, 6.45) is -2.83. The Morgan fingerprint density at radius 2 is 1.12 bits per heavy atom. The van der Waals surface area contributed by atoms with Crippen LogP contribution in [0.25, 0.3) is 0 Å². The summed E-state index contributed by atoms with van der Waals surface area (Å²) >= 11 is 0. The Hall–Kier alpha value is -2.72. The van der Waals surface area contributed by atoms with Gasteiger partial charge in [-0.15, -0.1) is 0 Å². The largest absolute Gasteiger partial charge is 0.447 e. The van der Waals surface area contributed by atoms with Crippen LogP contribution in [0.15, 0.2) is 0 Å². The van der Waals surface area contributed by atoms with Gasteiger partial charge in [-0.05, 0) is 27.7 Å². The van der Waals surface area contributed by atoms with E-state index in [0.29, 0.717) is 0 Å². The molecule has 0 rings (SSSR count).